The summed E-state index contributed by atoms with van der Waals surface area (Å²) in [4.78, 5) is 10.9. The van der Waals surface area contributed by atoms with Gasteiger partial charge < -0.3 is 10.2 Å². The molecule has 0 spiro atoms. The highest BCUT2D eigenvalue weighted by atomic mass is 16.4. The van der Waals surface area contributed by atoms with Crippen LogP contribution in [-0.4, -0.2) is 22.3 Å². The Labute approximate surface area is 141 Å². The van der Waals surface area contributed by atoms with Crippen LogP contribution in [0.2, 0.25) is 0 Å². The molecule has 0 aromatic carbocycles. The fourth-order valence-corrected chi connectivity index (χ4v) is 5.38. The van der Waals surface area contributed by atoms with Crippen LogP contribution in [0.4, 0.5) is 0 Å². The van der Waals surface area contributed by atoms with Crippen molar-refractivity contribution in [3.8, 4) is 0 Å². The number of aliphatic hydroxyl groups excluding tert-OH is 1. The molecule has 0 bridgehead atoms. The quantitative estimate of drug-likeness (QED) is 0.725. The summed E-state index contributed by atoms with van der Waals surface area (Å²) in [5.41, 5.74) is 1.61. The molecule has 1 fully saturated rings. The van der Waals surface area contributed by atoms with Gasteiger partial charge in [-0.2, -0.15) is 0 Å². The number of aliphatic hydroxyl groups is 1. The van der Waals surface area contributed by atoms with Crippen LogP contribution in [0.15, 0.2) is 11.6 Å². The van der Waals surface area contributed by atoms with E-state index in [1.165, 1.54) is 12.0 Å². The van der Waals surface area contributed by atoms with E-state index in [9.17, 15) is 9.90 Å². The van der Waals surface area contributed by atoms with Gasteiger partial charge in [0, 0.05) is 6.42 Å². The molecule has 0 aliphatic heterocycles. The summed E-state index contributed by atoms with van der Waals surface area (Å²) in [7, 11) is 0. The number of fused-ring (bicyclic) bond motifs is 1. The number of carboxylic acids is 1. The second-order valence-corrected chi connectivity index (χ2v) is 8.74. The zero-order chi connectivity index (χ0) is 17.4. The Morgan fingerprint density at radius 2 is 2.09 bits per heavy atom. The van der Waals surface area contributed by atoms with Crippen molar-refractivity contribution in [1.29, 1.82) is 0 Å². The molecule has 2 aliphatic rings. The minimum Gasteiger partial charge on any atom is -0.481 e. The first kappa shape index (κ1) is 18.5. The second-order valence-electron chi connectivity index (χ2n) is 8.74. The van der Waals surface area contributed by atoms with E-state index in [4.69, 9.17) is 5.11 Å². The average Bonchev–Trinajstić information content (AvgIpc) is 2.45. The second kappa shape index (κ2) is 6.58. The lowest BCUT2D eigenvalue weighted by Crippen LogP contribution is -2.55. The lowest BCUT2D eigenvalue weighted by atomic mass is 9.46. The van der Waals surface area contributed by atoms with Crippen LogP contribution in [0.5, 0.6) is 0 Å². The summed E-state index contributed by atoms with van der Waals surface area (Å²) in [5, 5.41) is 19.7. The number of hydrogen-bond acceptors (Lipinski definition) is 2. The molecule has 2 N–H and O–H groups in total. The maximum absolute atomic E-state index is 10.9. The summed E-state index contributed by atoms with van der Waals surface area (Å²) >= 11 is 0. The highest BCUT2D eigenvalue weighted by molar-refractivity contribution is 5.66. The molecule has 0 aromatic heterocycles. The summed E-state index contributed by atoms with van der Waals surface area (Å²) in [5.74, 6) is 0.335. The van der Waals surface area contributed by atoms with Gasteiger partial charge in [-0.3, -0.25) is 4.79 Å². The topological polar surface area (TPSA) is 57.5 Å². The smallest absolute Gasteiger partial charge is 0.303 e. The molecule has 2 rings (SSSR count). The molecule has 0 saturated heterocycles. The first-order valence-corrected chi connectivity index (χ1v) is 9.18. The van der Waals surface area contributed by atoms with Crippen molar-refractivity contribution in [1.82, 2.24) is 0 Å². The van der Waals surface area contributed by atoms with Gasteiger partial charge in [-0.25, -0.2) is 0 Å². The van der Waals surface area contributed by atoms with Crippen molar-refractivity contribution < 1.29 is 15.0 Å². The van der Waals surface area contributed by atoms with Gasteiger partial charge >= 0.3 is 5.97 Å². The maximum Gasteiger partial charge on any atom is 0.303 e. The van der Waals surface area contributed by atoms with Crippen LogP contribution < -0.4 is 0 Å². The van der Waals surface area contributed by atoms with Crippen LogP contribution in [0.1, 0.15) is 73.1 Å². The fraction of sp³-hybridized carbons (Fsp3) is 0.850. The first-order chi connectivity index (χ1) is 10.6. The van der Waals surface area contributed by atoms with Crippen LogP contribution in [0.3, 0.4) is 0 Å². The molecule has 6 unspecified atom stereocenters. The minimum atomic E-state index is -0.708. The van der Waals surface area contributed by atoms with Gasteiger partial charge in [0.15, 0.2) is 0 Å². The van der Waals surface area contributed by atoms with Crippen LogP contribution >= 0.6 is 0 Å². The predicted molar refractivity (Wildman–Crippen MR) is 93.1 cm³/mol. The maximum atomic E-state index is 10.9. The molecular weight excluding hydrogens is 288 g/mol. The molecule has 0 aromatic rings. The van der Waals surface area contributed by atoms with E-state index in [2.05, 4.69) is 33.8 Å². The fourth-order valence-electron chi connectivity index (χ4n) is 5.38. The number of carbonyl (C=O) groups is 1. The zero-order valence-corrected chi connectivity index (χ0v) is 15.4. The lowest BCUT2D eigenvalue weighted by molar-refractivity contribution is -0.138. The van der Waals surface area contributed by atoms with Crippen molar-refractivity contribution in [3.05, 3.63) is 11.6 Å². The molecule has 2 aliphatic carbocycles. The molecule has 3 nitrogen and oxygen atoms in total. The van der Waals surface area contributed by atoms with Gasteiger partial charge in [0.25, 0.3) is 0 Å². The van der Waals surface area contributed by atoms with E-state index in [0.29, 0.717) is 5.92 Å². The Morgan fingerprint density at radius 3 is 2.70 bits per heavy atom. The molecule has 6 atom stereocenters. The Morgan fingerprint density at radius 1 is 1.43 bits per heavy atom. The zero-order valence-electron chi connectivity index (χ0n) is 15.4. The van der Waals surface area contributed by atoms with Crippen molar-refractivity contribution in [2.75, 3.05) is 0 Å². The molecule has 132 valence electrons. The molecule has 3 heteroatoms. The average molecular weight is 322 g/mol. The Hall–Kier alpha value is -0.830. The van der Waals surface area contributed by atoms with Crippen LogP contribution in [-0.2, 0) is 4.79 Å². The van der Waals surface area contributed by atoms with Crippen LogP contribution in [0.25, 0.3) is 0 Å². The van der Waals surface area contributed by atoms with Crippen molar-refractivity contribution in [2.45, 2.75) is 79.2 Å². The molecule has 0 amide bonds. The molecular formula is C20H34O3. The molecule has 23 heavy (non-hydrogen) atoms. The summed E-state index contributed by atoms with van der Waals surface area (Å²) in [6.07, 6.45) is 7.45. The van der Waals surface area contributed by atoms with E-state index in [0.717, 1.165) is 25.7 Å². The third kappa shape index (κ3) is 3.35. The predicted octanol–water partition coefficient (Wildman–Crippen LogP) is 4.65. The Bertz CT molecular complexity index is 483. The molecule has 0 radical (unpaired) electrons. The van der Waals surface area contributed by atoms with Gasteiger partial charge in [-0.05, 0) is 67.6 Å². The number of aliphatic carboxylic acids is 1. The van der Waals surface area contributed by atoms with E-state index in [1.54, 1.807) is 0 Å². The van der Waals surface area contributed by atoms with Gasteiger partial charge in [0.1, 0.15) is 0 Å². The van der Waals surface area contributed by atoms with Crippen LogP contribution in [0, 0.1) is 28.6 Å². The molecule has 0 heterocycles. The minimum absolute atomic E-state index is 0.0781. The van der Waals surface area contributed by atoms with Crippen molar-refractivity contribution in [3.63, 3.8) is 0 Å². The highest BCUT2D eigenvalue weighted by Gasteiger charge is 2.55. The number of allylic oxidation sites excluding steroid dienone is 2. The van der Waals surface area contributed by atoms with E-state index in [1.807, 2.05) is 6.92 Å². The van der Waals surface area contributed by atoms with Crippen molar-refractivity contribution >= 4 is 5.97 Å². The van der Waals surface area contributed by atoms with E-state index in [-0.39, 0.29) is 35.2 Å². The summed E-state index contributed by atoms with van der Waals surface area (Å²) < 4.78 is 0. The lowest BCUT2D eigenvalue weighted by Gasteiger charge is -2.59. The van der Waals surface area contributed by atoms with E-state index < -0.39 is 5.97 Å². The van der Waals surface area contributed by atoms with Gasteiger partial charge in [-0.15, -0.1) is 0 Å². The van der Waals surface area contributed by atoms with Crippen molar-refractivity contribution in [2.24, 2.45) is 28.6 Å². The standard InChI is InChI=1S/C20H34O3/c1-13(11-18(22)23)9-10-19(4)15(3)16(21)12-20(5)14(2)7-6-8-17(19)20/h7,13,15-17,21H,6,8-12H2,1-5H3,(H,22,23). The first-order valence-electron chi connectivity index (χ1n) is 9.18. The summed E-state index contributed by atoms with van der Waals surface area (Å²) in [6.45, 7) is 11.1. The third-order valence-electron chi connectivity index (χ3n) is 7.32. The SMILES string of the molecule is CC1=CCCC2C1(C)CC(O)C(C)C2(C)CCC(C)CC(=O)O. The van der Waals surface area contributed by atoms with Gasteiger partial charge in [0.2, 0.25) is 0 Å². The summed E-state index contributed by atoms with van der Waals surface area (Å²) in [6, 6.07) is 0. The monoisotopic (exact) mass is 322 g/mol. The van der Waals surface area contributed by atoms with Gasteiger partial charge in [0.05, 0.1) is 6.10 Å². The molecule has 1 saturated carbocycles. The Balaban J connectivity index is 2.22. The highest BCUT2D eigenvalue weighted by Crippen LogP contribution is 2.61. The largest absolute Gasteiger partial charge is 0.481 e. The number of hydrogen-bond donors (Lipinski definition) is 2. The van der Waals surface area contributed by atoms with E-state index >= 15 is 0 Å². The normalized spacial score (nSPS) is 41.8. The Kier molecular flexibility index (Phi) is 5.30. The van der Waals surface area contributed by atoms with Gasteiger partial charge in [-0.1, -0.05) is 39.3 Å². The number of rotatable bonds is 5. The third-order valence-corrected chi connectivity index (χ3v) is 7.32. The number of carboxylic acid groups (broad SMARTS) is 1.